The van der Waals surface area contributed by atoms with Crippen molar-refractivity contribution in [1.29, 1.82) is 0 Å². The molecule has 0 saturated carbocycles. The van der Waals surface area contributed by atoms with E-state index in [2.05, 4.69) is 57.3 Å². The molecule has 0 spiro atoms. The third kappa shape index (κ3) is 4.05. The van der Waals surface area contributed by atoms with Crippen LogP contribution in [0.1, 0.15) is 5.56 Å². The SMILES string of the molecule is O=C(CSc1ncnc2ccsc12)N1CCN(Cc2cccc3ccccc23)CC1. The largest absolute Gasteiger partial charge is 0.339 e. The van der Waals surface area contributed by atoms with Gasteiger partial charge in [-0.2, -0.15) is 0 Å². The molecule has 4 aromatic rings. The number of rotatable bonds is 5. The number of hydrogen-bond donors (Lipinski definition) is 0. The third-order valence-electron chi connectivity index (χ3n) is 5.54. The van der Waals surface area contributed by atoms with Crippen LogP contribution in [0.4, 0.5) is 0 Å². The molecule has 3 heterocycles. The highest BCUT2D eigenvalue weighted by Gasteiger charge is 2.22. The Morgan fingerprint density at radius 3 is 2.73 bits per heavy atom. The van der Waals surface area contributed by atoms with Crippen molar-refractivity contribution in [3.05, 3.63) is 65.8 Å². The van der Waals surface area contributed by atoms with E-state index in [0.29, 0.717) is 5.75 Å². The molecule has 7 heteroatoms. The summed E-state index contributed by atoms with van der Waals surface area (Å²) in [5.41, 5.74) is 2.30. The Labute approximate surface area is 183 Å². The van der Waals surface area contributed by atoms with E-state index in [-0.39, 0.29) is 5.91 Å². The molecular formula is C23H22N4OS2. The summed E-state index contributed by atoms with van der Waals surface area (Å²) in [4.78, 5) is 25.8. The van der Waals surface area contributed by atoms with Gasteiger partial charge in [-0.3, -0.25) is 9.69 Å². The normalized spacial score (nSPS) is 15.1. The number of benzene rings is 2. The Hall–Kier alpha value is -2.48. The maximum atomic E-state index is 12.7. The molecule has 1 aliphatic rings. The van der Waals surface area contributed by atoms with Crippen molar-refractivity contribution in [2.75, 3.05) is 31.9 Å². The van der Waals surface area contributed by atoms with Gasteiger partial charge in [0.05, 0.1) is 16.0 Å². The Bertz CT molecular complexity index is 1180. The van der Waals surface area contributed by atoms with Gasteiger partial charge in [-0.15, -0.1) is 11.3 Å². The van der Waals surface area contributed by atoms with E-state index < -0.39 is 0 Å². The zero-order valence-electron chi connectivity index (χ0n) is 16.5. The summed E-state index contributed by atoms with van der Waals surface area (Å²) in [5, 5.41) is 5.52. The summed E-state index contributed by atoms with van der Waals surface area (Å²) in [6.07, 6.45) is 1.58. The molecule has 0 bridgehead atoms. The first-order valence-electron chi connectivity index (χ1n) is 10.1. The molecule has 5 rings (SSSR count). The second kappa shape index (κ2) is 8.71. The molecule has 30 heavy (non-hydrogen) atoms. The Kier molecular flexibility index (Phi) is 5.66. The minimum atomic E-state index is 0.188. The first-order valence-corrected chi connectivity index (χ1v) is 11.9. The molecule has 152 valence electrons. The molecule has 0 radical (unpaired) electrons. The highest BCUT2D eigenvalue weighted by atomic mass is 32.2. The van der Waals surface area contributed by atoms with Gasteiger partial charge in [0.1, 0.15) is 11.4 Å². The number of piperazine rings is 1. The lowest BCUT2D eigenvalue weighted by Crippen LogP contribution is -2.48. The topological polar surface area (TPSA) is 49.3 Å². The molecule has 1 saturated heterocycles. The van der Waals surface area contributed by atoms with Crippen molar-refractivity contribution in [1.82, 2.24) is 19.8 Å². The number of amides is 1. The number of hydrogen-bond acceptors (Lipinski definition) is 6. The van der Waals surface area contributed by atoms with Crippen LogP contribution in [0.3, 0.4) is 0 Å². The summed E-state index contributed by atoms with van der Waals surface area (Å²) >= 11 is 3.14. The van der Waals surface area contributed by atoms with Crippen LogP contribution < -0.4 is 0 Å². The second-order valence-electron chi connectivity index (χ2n) is 7.40. The molecule has 5 nitrogen and oxygen atoms in total. The van der Waals surface area contributed by atoms with Gasteiger partial charge in [0.2, 0.25) is 5.91 Å². The first-order chi connectivity index (χ1) is 14.8. The predicted octanol–water partition coefficient (Wildman–Crippen LogP) is 4.28. The highest BCUT2D eigenvalue weighted by molar-refractivity contribution is 8.00. The van der Waals surface area contributed by atoms with E-state index in [0.717, 1.165) is 48.0 Å². The van der Waals surface area contributed by atoms with E-state index in [1.165, 1.54) is 28.1 Å². The van der Waals surface area contributed by atoms with Crippen LogP contribution in [0, 0.1) is 0 Å². The predicted molar refractivity (Wildman–Crippen MR) is 124 cm³/mol. The fourth-order valence-electron chi connectivity index (χ4n) is 3.92. The third-order valence-corrected chi connectivity index (χ3v) is 7.56. The molecule has 1 fully saturated rings. The van der Waals surface area contributed by atoms with Crippen LogP contribution in [0.2, 0.25) is 0 Å². The van der Waals surface area contributed by atoms with Gasteiger partial charge in [0.15, 0.2) is 0 Å². The minimum Gasteiger partial charge on any atom is -0.339 e. The number of carbonyl (C=O) groups is 1. The molecule has 0 N–H and O–H groups in total. The Morgan fingerprint density at radius 1 is 1.00 bits per heavy atom. The monoisotopic (exact) mass is 434 g/mol. The summed E-state index contributed by atoms with van der Waals surface area (Å²) in [6.45, 7) is 4.30. The standard InChI is InChI=1S/C23H22N4OS2/c28-21(15-30-23-22-20(8-13-29-22)24-16-25-23)27-11-9-26(10-12-27)14-18-6-3-5-17-4-1-2-7-19(17)18/h1-8,13,16H,9-12,14-15H2. The second-order valence-corrected chi connectivity index (χ2v) is 9.28. The first kappa shape index (κ1) is 19.5. The molecule has 1 aliphatic heterocycles. The smallest absolute Gasteiger partial charge is 0.233 e. The van der Waals surface area contributed by atoms with Crippen LogP contribution >= 0.6 is 23.1 Å². The van der Waals surface area contributed by atoms with Gasteiger partial charge in [-0.05, 0) is 27.8 Å². The van der Waals surface area contributed by atoms with E-state index in [1.54, 1.807) is 17.7 Å². The highest BCUT2D eigenvalue weighted by Crippen LogP contribution is 2.29. The van der Waals surface area contributed by atoms with Gasteiger partial charge >= 0.3 is 0 Å². The average Bonchev–Trinajstić information content (AvgIpc) is 3.28. The summed E-state index contributed by atoms with van der Waals surface area (Å²) < 4.78 is 1.07. The molecule has 2 aromatic heterocycles. The van der Waals surface area contributed by atoms with E-state index in [4.69, 9.17) is 0 Å². The molecule has 1 amide bonds. The van der Waals surface area contributed by atoms with Crippen molar-refractivity contribution in [2.24, 2.45) is 0 Å². The fraction of sp³-hybridized carbons (Fsp3) is 0.261. The molecule has 0 unspecified atom stereocenters. The van der Waals surface area contributed by atoms with E-state index in [1.807, 2.05) is 16.3 Å². The van der Waals surface area contributed by atoms with Crippen molar-refractivity contribution >= 4 is 50.0 Å². The molecule has 2 aromatic carbocycles. The average molecular weight is 435 g/mol. The number of thioether (sulfide) groups is 1. The number of carbonyl (C=O) groups excluding carboxylic acids is 1. The van der Waals surface area contributed by atoms with Crippen LogP contribution in [-0.4, -0.2) is 57.6 Å². The molecule has 0 aliphatic carbocycles. The number of fused-ring (bicyclic) bond motifs is 2. The van der Waals surface area contributed by atoms with Gasteiger partial charge in [0.25, 0.3) is 0 Å². The zero-order chi connectivity index (χ0) is 20.3. The van der Waals surface area contributed by atoms with Crippen molar-refractivity contribution in [3.63, 3.8) is 0 Å². The van der Waals surface area contributed by atoms with Crippen molar-refractivity contribution in [3.8, 4) is 0 Å². The summed E-state index contributed by atoms with van der Waals surface area (Å²) in [5.74, 6) is 0.612. The lowest BCUT2D eigenvalue weighted by Gasteiger charge is -2.35. The van der Waals surface area contributed by atoms with Gasteiger partial charge in [-0.25, -0.2) is 9.97 Å². The summed E-state index contributed by atoms with van der Waals surface area (Å²) in [6, 6.07) is 17.0. The minimum absolute atomic E-state index is 0.188. The van der Waals surface area contributed by atoms with Gasteiger partial charge in [-0.1, -0.05) is 54.2 Å². The maximum absolute atomic E-state index is 12.7. The van der Waals surface area contributed by atoms with Crippen LogP contribution in [0.5, 0.6) is 0 Å². The Balaban J connectivity index is 1.16. The fourth-order valence-corrected chi connectivity index (χ4v) is 5.77. The van der Waals surface area contributed by atoms with E-state index >= 15 is 0 Å². The lowest BCUT2D eigenvalue weighted by molar-refractivity contribution is -0.130. The van der Waals surface area contributed by atoms with Gasteiger partial charge in [0, 0.05) is 32.7 Å². The maximum Gasteiger partial charge on any atom is 0.233 e. The zero-order valence-corrected chi connectivity index (χ0v) is 18.2. The summed E-state index contributed by atoms with van der Waals surface area (Å²) in [7, 11) is 0. The number of thiophene rings is 1. The molecule has 0 atom stereocenters. The van der Waals surface area contributed by atoms with E-state index in [9.17, 15) is 4.79 Å². The van der Waals surface area contributed by atoms with Crippen molar-refractivity contribution < 1.29 is 4.79 Å². The number of aromatic nitrogens is 2. The molecular weight excluding hydrogens is 412 g/mol. The lowest BCUT2D eigenvalue weighted by atomic mass is 10.0. The quantitative estimate of drug-likeness (QED) is 0.347. The van der Waals surface area contributed by atoms with Crippen LogP contribution in [0.25, 0.3) is 21.0 Å². The Morgan fingerprint density at radius 2 is 1.83 bits per heavy atom. The van der Waals surface area contributed by atoms with Gasteiger partial charge < -0.3 is 4.90 Å². The van der Waals surface area contributed by atoms with Crippen LogP contribution in [0.15, 0.2) is 65.3 Å². The van der Waals surface area contributed by atoms with Crippen molar-refractivity contribution in [2.45, 2.75) is 11.6 Å². The number of nitrogens with zero attached hydrogens (tertiary/aromatic N) is 4. The van der Waals surface area contributed by atoms with Crippen LogP contribution in [-0.2, 0) is 11.3 Å².